The number of aliphatic hydroxyl groups is 2. The van der Waals surface area contributed by atoms with E-state index in [4.69, 9.17) is 18.9 Å². The molecule has 94 valence electrons. The van der Waals surface area contributed by atoms with Crippen LogP contribution in [0.2, 0.25) is 0 Å². The summed E-state index contributed by atoms with van der Waals surface area (Å²) in [4.78, 5) is 0. The van der Waals surface area contributed by atoms with Crippen LogP contribution in [0.4, 0.5) is 0 Å². The molecule has 5 atom stereocenters. The molecular weight excluding hydrogens is 216 g/mol. The zero-order valence-electron chi connectivity index (χ0n) is 9.62. The van der Waals surface area contributed by atoms with Crippen LogP contribution in [0, 0.1) is 0 Å². The van der Waals surface area contributed by atoms with Crippen molar-refractivity contribution in [3.63, 3.8) is 0 Å². The zero-order chi connectivity index (χ0) is 11.9. The van der Waals surface area contributed by atoms with Gasteiger partial charge in [-0.1, -0.05) is 0 Å². The minimum absolute atomic E-state index is 0.307. The highest BCUT2D eigenvalue weighted by Crippen LogP contribution is 2.32. The van der Waals surface area contributed by atoms with Crippen molar-refractivity contribution in [2.45, 2.75) is 50.3 Å². The number of fused-ring (bicyclic) bond motifs is 1. The average Bonchev–Trinajstić information content (AvgIpc) is 2.23. The van der Waals surface area contributed by atoms with E-state index in [1.165, 1.54) is 7.11 Å². The molecule has 2 aliphatic heterocycles. The van der Waals surface area contributed by atoms with Crippen LogP contribution in [0.3, 0.4) is 0 Å². The maximum absolute atomic E-state index is 9.92. The lowest BCUT2D eigenvalue weighted by molar-refractivity contribution is -0.379. The van der Waals surface area contributed by atoms with Gasteiger partial charge in [0.05, 0.1) is 6.61 Å². The third kappa shape index (κ3) is 2.09. The van der Waals surface area contributed by atoms with Crippen LogP contribution in [0.1, 0.15) is 13.8 Å². The largest absolute Gasteiger partial charge is 0.387 e. The van der Waals surface area contributed by atoms with Gasteiger partial charge in [-0.05, 0) is 13.8 Å². The first kappa shape index (κ1) is 12.2. The summed E-state index contributed by atoms with van der Waals surface area (Å²) in [7, 11) is 1.41. The summed E-state index contributed by atoms with van der Waals surface area (Å²) in [6, 6.07) is 0. The van der Waals surface area contributed by atoms with E-state index < -0.39 is 36.5 Å². The summed E-state index contributed by atoms with van der Waals surface area (Å²) in [5.41, 5.74) is 0. The quantitative estimate of drug-likeness (QED) is 0.620. The minimum Gasteiger partial charge on any atom is -0.387 e. The Morgan fingerprint density at radius 1 is 1.25 bits per heavy atom. The molecule has 2 heterocycles. The molecule has 0 spiro atoms. The molecule has 0 unspecified atom stereocenters. The van der Waals surface area contributed by atoms with E-state index in [1.807, 2.05) is 0 Å². The molecular formula is C10H18O6. The summed E-state index contributed by atoms with van der Waals surface area (Å²) in [5.74, 6) is -0.773. The van der Waals surface area contributed by atoms with Crippen molar-refractivity contribution in [1.82, 2.24) is 0 Å². The van der Waals surface area contributed by atoms with Gasteiger partial charge in [-0.15, -0.1) is 0 Å². The summed E-state index contributed by atoms with van der Waals surface area (Å²) >= 11 is 0. The first-order chi connectivity index (χ1) is 7.44. The zero-order valence-corrected chi connectivity index (χ0v) is 9.62. The smallest absolute Gasteiger partial charge is 0.186 e. The number of aliphatic hydroxyl groups excluding tert-OH is 2. The van der Waals surface area contributed by atoms with Crippen LogP contribution in [0.15, 0.2) is 0 Å². The molecule has 0 radical (unpaired) electrons. The molecule has 2 fully saturated rings. The van der Waals surface area contributed by atoms with Crippen LogP contribution in [-0.2, 0) is 18.9 Å². The highest BCUT2D eigenvalue weighted by Gasteiger charge is 2.50. The predicted octanol–water partition coefficient (Wildman–Crippen LogP) is -0.769. The highest BCUT2D eigenvalue weighted by atomic mass is 16.8. The number of ether oxygens (including phenoxy) is 4. The lowest BCUT2D eigenvalue weighted by Crippen LogP contribution is -2.64. The van der Waals surface area contributed by atoms with Crippen LogP contribution in [0.25, 0.3) is 0 Å². The van der Waals surface area contributed by atoms with Crippen molar-refractivity contribution in [3.8, 4) is 0 Å². The number of methoxy groups -OCH3 is 1. The van der Waals surface area contributed by atoms with E-state index in [0.717, 1.165) is 0 Å². The molecule has 2 rings (SSSR count). The normalized spacial score (nSPS) is 47.4. The van der Waals surface area contributed by atoms with Gasteiger partial charge in [-0.25, -0.2) is 0 Å². The third-order valence-electron chi connectivity index (χ3n) is 2.89. The topological polar surface area (TPSA) is 77.4 Å². The molecule has 0 aromatic carbocycles. The standard InChI is InChI=1S/C10H18O6/c1-10(2)14-4-5-8(16-10)6(11)7(12)9(13-3)15-5/h5-9,11-12H,4H2,1-3H3/t5-,6+,7+,8-,9+/m1/s1. The molecule has 0 bridgehead atoms. The van der Waals surface area contributed by atoms with E-state index in [9.17, 15) is 10.2 Å². The van der Waals surface area contributed by atoms with Crippen molar-refractivity contribution in [2.75, 3.05) is 13.7 Å². The van der Waals surface area contributed by atoms with Crippen LogP contribution < -0.4 is 0 Å². The van der Waals surface area contributed by atoms with Crippen molar-refractivity contribution >= 4 is 0 Å². The average molecular weight is 234 g/mol. The highest BCUT2D eigenvalue weighted by molar-refractivity contribution is 4.93. The fourth-order valence-electron chi connectivity index (χ4n) is 2.02. The van der Waals surface area contributed by atoms with Crippen LogP contribution >= 0.6 is 0 Å². The molecule has 0 saturated carbocycles. The van der Waals surface area contributed by atoms with E-state index in [-0.39, 0.29) is 0 Å². The second-order valence-electron chi connectivity index (χ2n) is 4.55. The molecule has 6 nitrogen and oxygen atoms in total. The Morgan fingerprint density at radius 3 is 2.56 bits per heavy atom. The van der Waals surface area contributed by atoms with Gasteiger partial charge in [-0.3, -0.25) is 0 Å². The first-order valence-electron chi connectivity index (χ1n) is 5.31. The van der Waals surface area contributed by atoms with Gasteiger partial charge in [0.15, 0.2) is 12.1 Å². The minimum atomic E-state index is -1.11. The molecule has 0 aromatic heterocycles. The van der Waals surface area contributed by atoms with E-state index in [1.54, 1.807) is 13.8 Å². The second-order valence-corrected chi connectivity index (χ2v) is 4.55. The molecule has 2 N–H and O–H groups in total. The molecule has 2 saturated heterocycles. The lowest BCUT2D eigenvalue weighted by Gasteiger charge is -2.48. The maximum Gasteiger partial charge on any atom is 0.186 e. The van der Waals surface area contributed by atoms with Gasteiger partial charge in [0.2, 0.25) is 0 Å². The Hall–Kier alpha value is -0.240. The summed E-state index contributed by atoms with van der Waals surface area (Å²) in [6.45, 7) is 3.82. The third-order valence-corrected chi connectivity index (χ3v) is 2.89. The Balaban J connectivity index is 2.11. The van der Waals surface area contributed by atoms with E-state index >= 15 is 0 Å². The number of rotatable bonds is 1. The van der Waals surface area contributed by atoms with Gasteiger partial charge < -0.3 is 29.2 Å². The predicted molar refractivity (Wildman–Crippen MR) is 52.6 cm³/mol. The van der Waals surface area contributed by atoms with Crippen molar-refractivity contribution in [1.29, 1.82) is 0 Å². The Morgan fingerprint density at radius 2 is 1.94 bits per heavy atom. The summed E-state index contributed by atoms with van der Waals surface area (Å²) < 4.78 is 21.3. The summed E-state index contributed by atoms with van der Waals surface area (Å²) in [6.07, 6.45) is -4.00. The Labute approximate surface area is 94.1 Å². The van der Waals surface area contributed by atoms with Gasteiger partial charge in [0, 0.05) is 7.11 Å². The van der Waals surface area contributed by atoms with Crippen molar-refractivity contribution in [3.05, 3.63) is 0 Å². The fraction of sp³-hybridized carbons (Fsp3) is 1.00. The SMILES string of the molecule is CO[C@H]1O[C@@H]2COC(C)(C)O[C@H]2[C@@H](O)[C@@H]1O. The molecule has 6 heteroatoms. The van der Waals surface area contributed by atoms with Crippen LogP contribution in [-0.4, -0.2) is 60.4 Å². The molecule has 2 aliphatic rings. The molecule has 0 aliphatic carbocycles. The Bertz CT molecular complexity index is 254. The molecule has 16 heavy (non-hydrogen) atoms. The van der Waals surface area contributed by atoms with Gasteiger partial charge in [-0.2, -0.15) is 0 Å². The first-order valence-corrected chi connectivity index (χ1v) is 5.31. The maximum atomic E-state index is 9.92. The lowest BCUT2D eigenvalue weighted by atomic mass is 9.97. The Kier molecular flexibility index (Phi) is 3.22. The van der Waals surface area contributed by atoms with Gasteiger partial charge >= 0.3 is 0 Å². The number of hydrogen-bond acceptors (Lipinski definition) is 6. The monoisotopic (exact) mass is 234 g/mol. The fourth-order valence-corrected chi connectivity index (χ4v) is 2.02. The second kappa shape index (κ2) is 4.21. The molecule has 0 aromatic rings. The van der Waals surface area contributed by atoms with Crippen molar-refractivity contribution < 1.29 is 29.2 Å². The van der Waals surface area contributed by atoms with E-state index in [2.05, 4.69) is 0 Å². The van der Waals surface area contributed by atoms with Gasteiger partial charge in [0.25, 0.3) is 0 Å². The van der Waals surface area contributed by atoms with Crippen molar-refractivity contribution in [2.24, 2.45) is 0 Å². The number of hydrogen-bond donors (Lipinski definition) is 2. The van der Waals surface area contributed by atoms with Gasteiger partial charge in [0.1, 0.15) is 24.4 Å². The van der Waals surface area contributed by atoms with Crippen LogP contribution in [0.5, 0.6) is 0 Å². The van der Waals surface area contributed by atoms with E-state index in [0.29, 0.717) is 6.61 Å². The molecule has 0 amide bonds. The summed E-state index contributed by atoms with van der Waals surface area (Å²) in [5, 5.41) is 19.6.